The van der Waals surface area contributed by atoms with Crippen LogP contribution in [0.1, 0.15) is 37.0 Å². The molecule has 3 rings (SSSR count). The predicted molar refractivity (Wildman–Crippen MR) is 149 cm³/mol. The second kappa shape index (κ2) is 13.3. The highest BCUT2D eigenvalue weighted by atomic mass is 35.5. The average Bonchev–Trinajstić information content (AvgIpc) is 2.85. The van der Waals surface area contributed by atoms with E-state index >= 15 is 0 Å². The second-order valence-corrected chi connectivity index (χ2v) is 10.3. The number of carbonyl (C=O) groups excluding carboxylic acids is 2. The van der Waals surface area contributed by atoms with Crippen LogP contribution in [0, 0.1) is 0 Å². The fraction of sp³-hybridized carbons (Fsp3) is 0.286. The summed E-state index contributed by atoms with van der Waals surface area (Å²) in [6.07, 6.45) is 1.12. The van der Waals surface area contributed by atoms with E-state index in [4.69, 9.17) is 46.4 Å². The Morgan fingerprint density at radius 2 is 1.50 bits per heavy atom. The Bertz CT molecular complexity index is 1180. The number of hydrogen-bond donors (Lipinski definition) is 1. The van der Waals surface area contributed by atoms with Crippen LogP contribution < -0.4 is 5.32 Å². The van der Waals surface area contributed by atoms with E-state index in [1.54, 1.807) is 41.3 Å². The van der Waals surface area contributed by atoms with Gasteiger partial charge in [0.25, 0.3) is 0 Å². The third-order valence-electron chi connectivity index (χ3n) is 6.00. The molecule has 0 fully saturated rings. The molecular weight excluding hydrogens is 538 g/mol. The molecule has 36 heavy (non-hydrogen) atoms. The van der Waals surface area contributed by atoms with Crippen LogP contribution in [-0.2, 0) is 29.0 Å². The van der Waals surface area contributed by atoms with Crippen LogP contribution in [0.5, 0.6) is 0 Å². The number of benzene rings is 3. The molecule has 0 heterocycles. The Hall–Kier alpha value is -2.24. The van der Waals surface area contributed by atoms with Gasteiger partial charge in [0.05, 0.1) is 16.5 Å². The van der Waals surface area contributed by atoms with Crippen molar-refractivity contribution < 1.29 is 9.59 Å². The monoisotopic (exact) mass is 564 g/mol. The first-order valence-corrected chi connectivity index (χ1v) is 13.2. The van der Waals surface area contributed by atoms with Gasteiger partial charge in [0, 0.05) is 34.6 Å². The molecule has 2 unspecified atom stereocenters. The zero-order chi connectivity index (χ0) is 26.2. The maximum absolute atomic E-state index is 13.8. The summed E-state index contributed by atoms with van der Waals surface area (Å²) in [5.74, 6) is -0.497. The van der Waals surface area contributed by atoms with Gasteiger partial charge in [0.1, 0.15) is 6.04 Å². The number of nitrogens with one attached hydrogen (secondary N) is 1. The lowest BCUT2D eigenvalue weighted by Gasteiger charge is -2.33. The van der Waals surface area contributed by atoms with Crippen molar-refractivity contribution in [2.24, 2.45) is 0 Å². The highest BCUT2D eigenvalue weighted by molar-refractivity contribution is 6.42. The molecule has 4 nitrogen and oxygen atoms in total. The lowest BCUT2D eigenvalue weighted by molar-refractivity contribution is -0.141. The summed E-state index contributed by atoms with van der Waals surface area (Å²) in [4.78, 5) is 28.9. The van der Waals surface area contributed by atoms with Crippen molar-refractivity contribution in [2.45, 2.75) is 51.7 Å². The van der Waals surface area contributed by atoms with Crippen molar-refractivity contribution in [1.29, 1.82) is 0 Å². The third-order valence-corrected chi connectivity index (χ3v) is 7.45. The van der Waals surface area contributed by atoms with Crippen molar-refractivity contribution >= 4 is 58.2 Å². The lowest BCUT2D eigenvalue weighted by Crippen LogP contribution is -2.52. The van der Waals surface area contributed by atoms with Gasteiger partial charge in [-0.1, -0.05) is 95.8 Å². The van der Waals surface area contributed by atoms with Gasteiger partial charge in [-0.2, -0.15) is 0 Å². The number of nitrogens with zero attached hydrogens (tertiary/aromatic N) is 1. The SMILES string of the molecule is CCC(C)NC(=O)C(Cc1ccccc1)N(Cc1c(Cl)cccc1Cl)C(=O)Cc1ccc(Cl)c(Cl)c1. The maximum Gasteiger partial charge on any atom is 0.243 e. The fourth-order valence-corrected chi connectivity index (χ4v) is 4.61. The topological polar surface area (TPSA) is 49.4 Å². The largest absolute Gasteiger partial charge is 0.352 e. The first-order valence-electron chi connectivity index (χ1n) is 11.7. The molecule has 0 aliphatic heterocycles. The Morgan fingerprint density at radius 3 is 2.11 bits per heavy atom. The van der Waals surface area contributed by atoms with E-state index < -0.39 is 6.04 Å². The Morgan fingerprint density at radius 1 is 0.833 bits per heavy atom. The summed E-state index contributed by atoms with van der Waals surface area (Å²) >= 11 is 25.2. The number of rotatable bonds is 10. The van der Waals surface area contributed by atoms with E-state index in [1.165, 1.54) is 0 Å². The molecule has 0 aliphatic rings. The Labute approximate surface area is 232 Å². The molecule has 0 radical (unpaired) electrons. The molecule has 190 valence electrons. The third kappa shape index (κ3) is 7.63. The molecule has 0 saturated carbocycles. The molecule has 2 atom stereocenters. The minimum Gasteiger partial charge on any atom is -0.352 e. The van der Waals surface area contributed by atoms with Gasteiger partial charge in [0.15, 0.2) is 0 Å². The van der Waals surface area contributed by atoms with Crippen LogP contribution in [0.25, 0.3) is 0 Å². The predicted octanol–water partition coefficient (Wildman–Crippen LogP) is 7.40. The van der Waals surface area contributed by atoms with E-state index in [-0.39, 0.29) is 30.8 Å². The van der Waals surface area contributed by atoms with Crippen LogP contribution in [0.15, 0.2) is 66.7 Å². The quantitative estimate of drug-likeness (QED) is 0.278. The summed E-state index contributed by atoms with van der Waals surface area (Å²) in [5.41, 5.74) is 2.20. The van der Waals surface area contributed by atoms with Crippen molar-refractivity contribution in [2.75, 3.05) is 0 Å². The standard InChI is InChI=1S/C28H28Cl4N2O2/c1-3-18(2)33-28(36)26(15-19-8-5-4-6-9-19)34(17-21-22(29)10-7-11-23(21)30)27(35)16-20-12-13-24(31)25(32)14-20/h4-14,18,26H,3,15-17H2,1-2H3,(H,33,36). The van der Waals surface area contributed by atoms with Gasteiger partial charge < -0.3 is 10.2 Å². The normalized spacial score (nSPS) is 12.6. The van der Waals surface area contributed by atoms with Crippen LogP contribution >= 0.6 is 46.4 Å². The van der Waals surface area contributed by atoms with Crippen molar-refractivity contribution in [3.05, 3.63) is 104 Å². The number of amides is 2. The van der Waals surface area contributed by atoms with Crippen LogP contribution in [0.4, 0.5) is 0 Å². The van der Waals surface area contributed by atoms with E-state index in [1.807, 2.05) is 44.2 Å². The van der Waals surface area contributed by atoms with Crippen LogP contribution in [0.3, 0.4) is 0 Å². The second-order valence-electron chi connectivity index (χ2n) is 8.67. The highest BCUT2D eigenvalue weighted by Gasteiger charge is 2.32. The van der Waals surface area contributed by atoms with Crippen LogP contribution in [-0.4, -0.2) is 28.8 Å². The van der Waals surface area contributed by atoms with Gasteiger partial charge in [0.2, 0.25) is 11.8 Å². The van der Waals surface area contributed by atoms with Gasteiger partial charge >= 0.3 is 0 Å². The Kier molecular flexibility index (Phi) is 10.5. The molecule has 3 aromatic carbocycles. The number of carbonyl (C=O) groups is 2. The first-order chi connectivity index (χ1) is 17.2. The van der Waals surface area contributed by atoms with Crippen LogP contribution in [0.2, 0.25) is 20.1 Å². The first kappa shape index (κ1) is 28.3. The van der Waals surface area contributed by atoms with Crippen molar-refractivity contribution in [3.63, 3.8) is 0 Å². The lowest BCUT2D eigenvalue weighted by atomic mass is 10.0. The average molecular weight is 566 g/mol. The molecule has 0 aliphatic carbocycles. The minimum atomic E-state index is -0.788. The van der Waals surface area contributed by atoms with E-state index in [9.17, 15) is 9.59 Å². The zero-order valence-corrected chi connectivity index (χ0v) is 23.1. The summed E-state index contributed by atoms with van der Waals surface area (Å²) in [6.45, 7) is 4.00. The molecule has 8 heteroatoms. The summed E-state index contributed by atoms with van der Waals surface area (Å²) in [6, 6.07) is 19.0. The zero-order valence-electron chi connectivity index (χ0n) is 20.1. The smallest absolute Gasteiger partial charge is 0.243 e. The summed E-state index contributed by atoms with van der Waals surface area (Å²) in [5, 5.41) is 4.66. The molecule has 0 spiro atoms. The van der Waals surface area contributed by atoms with E-state index in [0.717, 1.165) is 12.0 Å². The Balaban J connectivity index is 2.03. The molecule has 0 aromatic heterocycles. The van der Waals surface area contributed by atoms with Crippen molar-refractivity contribution in [1.82, 2.24) is 10.2 Å². The molecule has 1 N–H and O–H groups in total. The summed E-state index contributed by atoms with van der Waals surface area (Å²) < 4.78 is 0. The van der Waals surface area contributed by atoms with E-state index in [2.05, 4.69) is 5.32 Å². The summed E-state index contributed by atoms with van der Waals surface area (Å²) in [7, 11) is 0. The van der Waals surface area contributed by atoms with Crippen molar-refractivity contribution in [3.8, 4) is 0 Å². The molecule has 3 aromatic rings. The molecular formula is C28H28Cl4N2O2. The molecule has 0 saturated heterocycles. The molecule has 2 amide bonds. The van der Waals surface area contributed by atoms with Gasteiger partial charge in [-0.15, -0.1) is 0 Å². The van der Waals surface area contributed by atoms with Gasteiger partial charge in [-0.05, 0) is 48.7 Å². The minimum absolute atomic E-state index is 0.0286. The maximum atomic E-state index is 13.8. The van der Waals surface area contributed by atoms with Gasteiger partial charge in [-0.3, -0.25) is 9.59 Å². The van der Waals surface area contributed by atoms with E-state index in [0.29, 0.717) is 37.6 Å². The van der Waals surface area contributed by atoms with Gasteiger partial charge in [-0.25, -0.2) is 0 Å². The number of halogens is 4. The number of hydrogen-bond acceptors (Lipinski definition) is 2. The molecule has 0 bridgehead atoms. The highest BCUT2D eigenvalue weighted by Crippen LogP contribution is 2.28. The fourth-order valence-electron chi connectivity index (χ4n) is 3.77.